The highest BCUT2D eigenvalue weighted by atomic mass is 35.5. The monoisotopic (exact) mass is 266 g/mol. The molecule has 0 aliphatic heterocycles. The average Bonchev–Trinajstić information content (AvgIpc) is 2.28. The van der Waals surface area contributed by atoms with Gasteiger partial charge >= 0.3 is 5.69 Å². The van der Waals surface area contributed by atoms with Crippen molar-refractivity contribution in [3.63, 3.8) is 0 Å². The number of nitrogens with two attached hydrogens (primary N) is 1. The molecule has 0 spiro atoms. The van der Waals surface area contributed by atoms with Crippen LogP contribution < -0.4 is 5.73 Å². The van der Waals surface area contributed by atoms with Crippen LogP contribution in [0.1, 0.15) is 0 Å². The van der Waals surface area contributed by atoms with E-state index in [1.54, 1.807) is 0 Å². The number of hydrogen-bond acceptors (Lipinski definition) is 6. The molecule has 0 bridgehead atoms. The molecule has 1 aromatic carbocycles. The number of rotatable bonds is 2. The summed E-state index contributed by atoms with van der Waals surface area (Å²) in [6.45, 7) is 0. The van der Waals surface area contributed by atoms with Crippen LogP contribution in [-0.2, 0) is 0 Å². The summed E-state index contributed by atoms with van der Waals surface area (Å²) in [6, 6.07) is 5.71. The van der Waals surface area contributed by atoms with Crippen molar-refractivity contribution in [3.05, 3.63) is 39.5 Å². The molecular formula is C10H7ClN4O3. The fourth-order valence-corrected chi connectivity index (χ4v) is 1.67. The van der Waals surface area contributed by atoms with Gasteiger partial charge in [-0.3, -0.25) is 10.1 Å². The Kier molecular flexibility index (Phi) is 2.99. The minimum absolute atomic E-state index is 0.0116. The highest BCUT2D eigenvalue weighted by Crippen LogP contribution is 2.34. The van der Waals surface area contributed by atoms with Gasteiger partial charge in [0.15, 0.2) is 5.69 Å². The van der Waals surface area contributed by atoms with E-state index >= 15 is 0 Å². The third-order valence-corrected chi connectivity index (χ3v) is 2.45. The Morgan fingerprint density at radius 2 is 1.89 bits per heavy atom. The average molecular weight is 267 g/mol. The molecule has 3 N–H and O–H groups in total. The zero-order valence-corrected chi connectivity index (χ0v) is 9.63. The van der Waals surface area contributed by atoms with E-state index in [0.29, 0.717) is 5.56 Å². The second-order valence-electron chi connectivity index (χ2n) is 3.37. The number of anilines is 1. The molecule has 0 unspecified atom stereocenters. The van der Waals surface area contributed by atoms with Crippen molar-refractivity contribution in [3.8, 4) is 17.0 Å². The molecule has 0 aliphatic rings. The van der Waals surface area contributed by atoms with Crippen LogP contribution in [0.5, 0.6) is 5.75 Å². The van der Waals surface area contributed by atoms with Gasteiger partial charge in [0, 0.05) is 5.56 Å². The predicted molar refractivity (Wildman–Crippen MR) is 65.2 cm³/mol. The number of nitrogens with zero attached hydrogens (tertiary/aromatic N) is 3. The van der Waals surface area contributed by atoms with Crippen molar-refractivity contribution < 1.29 is 10.0 Å². The quantitative estimate of drug-likeness (QED) is 0.488. The first kappa shape index (κ1) is 12.1. The van der Waals surface area contributed by atoms with Crippen LogP contribution >= 0.6 is 11.6 Å². The van der Waals surface area contributed by atoms with Crippen LogP contribution in [0.3, 0.4) is 0 Å². The van der Waals surface area contributed by atoms with Gasteiger partial charge in [-0.2, -0.15) is 4.98 Å². The van der Waals surface area contributed by atoms with E-state index in [-0.39, 0.29) is 22.5 Å². The Bertz CT molecular complexity index is 615. The third kappa shape index (κ3) is 2.16. The molecule has 0 fully saturated rings. The molecule has 7 nitrogen and oxygen atoms in total. The van der Waals surface area contributed by atoms with Crippen molar-refractivity contribution in [2.24, 2.45) is 0 Å². The van der Waals surface area contributed by atoms with E-state index in [0.717, 1.165) is 0 Å². The molecule has 2 aromatic rings. The summed E-state index contributed by atoms with van der Waals surface area (Å²) >= 11 is 5.69. The molecule has 18 heavy (non-hydrogen) atoms. The Balaban J connectivity index is 2.69. The van der Waals surface area contributed by atoms with Gasteiger partial charge in [-0.25, -0.2) is 4.98 Å². The first-order chi connectivity index (χ1) is 8.49. The van der Waals surface area contributed by atoms with E-state index in [2.05, 4.69) is 9.97 Å². The van der Waals surface area contributed by atoms with Crippen molar-refractivity contribution in [2.45, 2.75) is 0 Å². The number of nitrogen functional groups attached to an aromatic ring is 1. The summed E-state index contributed by atoms with van der Waals surface area (Å²) in [6.07, 6.45) is 0. The normalized spacial score (nSPS) is 10.3. The van der Waals surface area contributed by atoms with Gasteiger partial charge in [0.2, 0.25) is 11.1 Å². The molecule has 92 valence electrons. The largest absolute Gasteiger partial charge is 0.508 e. The Morgan fingerprint density at radius 1 is 1.28 bits per heavy atom. The van der Waals surface area contributed by atoms with E-state index < -0.39 is 10.6 Å². The predicted octanol–water partition coefficient (Wildman–Crippen LogP) is 1.99. The van der Waals surface area contributed by atoms with Gasteiger partial charge < -0.3 is 10.8 Å². The van der Waals surface area contributed by atoms with Crippen LogP contribution in [0.2, 0.25) is 5.15 Å². The van der Waals surface area contributed by atoms with Gasteiger partial charge in [0.05, 0.1) is 4.92 Å². The summed E-state index contributed by atoms with van der Waals surface area (Å²) in [5, 5.41) is 19.8. The number of phenols is 1. The fourth-order valence-electron chi connectivity index (χ4n) is 1.43. The topological polar surface area (TPSA) is 115 Å². The standard InChI is InChI=1S/C10H7ClN4O3/c11-9-8(15(17)18)7(13-10(12)14-9)5-1-3-6(16)4-2-5/h1-4,16H,(H2,12,13,14). The Hall–Kier alpha value is -2.41. The molecular weight excluding hydrogens is 260 g/mol. The lowest BCUT2D eigenvalue weighted by Gasteiger charge is -2.04. The van der Waals surface area contributed by atoms with E-state index in [9.17, 15) is 15.2 Å². The maximum absolute atomic E-state index is 10.9. The van der Waals surface area contributed by atoms with Crippen LogP contribution in [0.15, 0.2) is 24.3 Å². The molecule has 0 aliphatic carbocycles. The second-order valence-corrected chi connectivity index (χ2v) is 3.73. The van der Waals surface area contributed by atoms with Crippen molar-refractivity contribution in [1.82, 2.24) is 9.97 Å². The highest BCUT2D eigenvalue weighted by Gasteiger charge is 2.24. The van der Waals surface area contributed by atoms with Gasteiger partial charge in [-0.05, 0) is 24.3 Å². The fraction of sp³-hybridized carbons (Fsp3) is 0. The van der Waals surface area contributed by atoms with Crippen LogP contribution in [0.25, 0.3) is 11.3 Å². The molecule has 0 radical (unpaired) electrons. The lowest BCUT2D eigenvalue weighted by Crippen LogP contribution is -2.02. The summed E-state index contributed by atoms with van der Waals surface area (Å²) in [7, 11) is 0. The van der Waals surface area contributed by atoms with Crippen LogP contribution in [0.4, 0.5) is 11.6 Å². The molecule has 2 rings (SSSR count). The summed E-state index contributed by atoms with van der Waals surface area (Å²) in [4.78, 5) is 17.6. The van der Waals surface area contributed by atoms with E-state index in [1.165, 1.54) is 24.3 Å². The molecule has 0 saturated heterocycles. The Labute approximate surface area is 106 Å². The molecule has 1 heterocycles. The van der Waals surface area contributed by atoms with Crippen molar-refractivity contribution in [2.75, 3.05) is 5.73 Å². The minimum atomic E-state index is -0.677. The smallest absolute Gasteiger partial charge is 0.332 e. The number of halogens is 1. The SMILES string of the molecule is Nc1nc(Cl)c([N+](=O)[O-])c(-c2ccc(O)cc2)n1. The maximum atomic E-state index is 10.9. The van der Waals surface area contributed by atoms with Crippen LogP contribution in [-0.4, -0.2) is 20.0 Å². The molecule has 0 atom stereocenters. The number of aromatic hydroxyl groups is 1. The van der Waals surface area contributed by atoms with Gasteiger partial charge in [0.25, 0.3) is 0 Å². The number of aromatic nitrogens is 2. The first-order valence-electron chi connectivity index (χ1n) is 4.76. The molecule has 0 saturated carbocycles. The molecule has 8 heteroatoms. The van der Waals surface area contributed by atoms with Gasteiger partial charge in [-0.1, -0.05) is 11.6 Å². The molecule has 1 aromatic heterocycles. The summed E-state index contributed by atoms with van der Waals surface area (Å²) in [5.74, 6) is -0.122. The highest BCUT2D eigenvalue weighted by molar-refractivity contribution is 6.32. The third-order valence-electron chi connectivity index (χ3n) is 2.18. The van der Waals surface area contributed by atoms with Crippen LogP contribution in [0, 0.1) is 10.1 Å². The Morgan fingerprint density at radius 3 is 2.44 bits per heavy atom. The van der Waals surface area contributed by atoms with Crippen molar-refractivity contribution in [1.29, 1.82) is 0 Å². The minimum Gasteiger partial charge on any atom is -0.508 e. The molecule has 0 amide bonds. The lowest BCUT2D eigenvalue weighted by molar-refractivity contribution is -0.384. The summed E-state index contributed by atoms with van der Waals surface area (Å²) in [5.41, 5.74) is 5.42. The number of benzene rings is 1. The summed E-state index contributed by atoms with van der Waals surface area (Å²) < 4.78 is 0. The maximum Gasteiger partial charge on any atom is 0.332 e. The van der Waals surface area contributed by atoms with E-state index in [4.69, 9.17) is 17.3 Å². The van der Waals surface area contributed by atoms with Gasteiger partial charge in [0.1, 0.15) is 5.75 Å². The zero-order valence-electron chi connectivity index (χ0n) is 8.87. The number of nitro groups is 1. The second kappa shape index (κ2) is 4.46. The zero-order chi connectivity index (χ0) is 13.3. The number of hydrogen-bond donors (Lipinski definition) is 2. The van der Waals surface area contributed by atoms with E-state index in [1.807, 2.05) is 0 Å². The number of phenolic OH excluding ortho intramolecular Hbond substituents is 1. The first-order valence-corrected chi connectivity index (χ1v) is 5.13. The lowest BCUT2D eigenvalue weighted by atomic mass is 10.1. The van der Waals surface area contributed by atoms with Crippen molar-refractivity contribution >= 4 is 23.2 Å². The van der Waals surface area contributed by atoms with Gasteiger partial charge in [-0.15, -0.1) is 0 Å².